The molecule has 20 heavy (non-hydrogen) atoms. The maximum absolute atomic E-state index is 5.97. The van der Waals surface area contributed by atoms with Crippen molar-refractivity contribution in [1.29, 1.82) is 0 Å². The van der Waals surface area contributed by atoms with E-state index in [1.807, 2.05) is 7.11 Å². The number of hydrogen-bond acceptors (Lipinski definition) is 4. The number of nitrogens with one attached hydrogen (secondary N) is 1. The van der Waals surface area contributed by atoms with Crippen LogP contribution in [0.1, 0.15) is 38.2 Å². The highest BCUT2D eigenvalue weighted by atomic mass is 32.1. The molecule has 1 aromatic rings. The Morgan fingerprint density at radius 1 is 1.45 bits per heavy atom. The predicted molar refractivity (Wildman–Crippen MR) is 84.5 cm³/mol. The largest absolute Gasteiger partial charge is 0.381 e. The Kier molecular flexibility index (Phi) is 6.49. The molecule has 0 saturated carbocycles. The van der Waals surface area contributed by atoms with Gasteiger partial charge in [-0.15, -0.1) is 0 Å². The molecule has 0 radical (unpaired) electrons. The minimum atomic E-state index is -0.0521. The summed E-state index contributed by atoms with van der Waals surface area (Å²) in [5, 5.41) is 8.12. The molecule has 0 spiro atoms. The van der Waals surface area contributed by atoms with Crippen LogP contribution in [0.15, 0.2) is 16.8 Å². The average Bonchev–Trinajstić information content (AvgIpc) is 3.01. The van der Waals surface area contributed by atoms with Crippen LogP contribution >= 0.6 is 11.3 Å². The average molecular weight is 297 g/mol. The summed E-state index contributed by atoms with van der Waals surface area (Å²) in [7, 11) is 1.86. The van der Waals surface area contributed by atoms with E-state index >= 15 is 0 Å². The van der Waals surface area contributed by atoms with Crippen molar-refractivity contribution in [2.75, 3.05) is 26.9 Å². The Morgan fingerprint density at radius 2 is 2.25 bits per heavy atom. The van der Waals surface area contributed by atoms with Crippen LogP contribution in [0.4, 0.5) is 0 Å². The molecule has 1 unspecified atom stereocenters. The van der Waals surface area contributed by atoms with Crippen molar-refractivity contribution in [3.8, 4) is 0 Å². The fraction of sp³-hybridized carbons (Fsp3) is 0.750. The van der Waals surface area contributed by atoms with Crippen molar-refractivity contribution in [1.82, 2.24) is 5.32 Å². The van der Waals surface area contributed by atoms with Gasteiger partial charge in [-0.25, -0.2) is 0 Å². The molecule has 1 N–H and O–H groups in total. The summed E-state index contributed by atoms with van der Waals surface area (Å²) in [6, 6.07) is 2.64. The van der Waals surface area contributed by atoms with Gasteiger partial charge in [0.2, 0.25) is 0 Å². The Bertz CT molecular complexity index is 361. The lowest BCUT2D eigenvalue weighted by molar-refractivity contribution is -0.111. The Hall–Kier alpha value is -0.420. The zero-order valence-corrected chi connectivity index (χ0v) is 13.5. The first kappa shape index (κ1) is 16.0. The van der Waals surface area contributed by atoms with Crippen molar-refractivity contribution in [2.45, 2.75) is 50.7 Å². The van der Waals surface area contributed by atoms with Crippen molar-refractivity contribution in [2.24, 2.45) is 0 Å². The molecule has 2 heterocycles. The van der Waals surface area contributed by atoms with Gasteiger partial charge in [-0.05, 0) is 48.2 Å². The lowest BCUT2D eigenvalue weighted by Gasteiger charge is -2.43. The lowest BCUT2D eigenvalue weighted by atomic mass is 9.83. The van der Waals surface area contributed by atoms with Crippen molar-refractivity contribution in [3.05, 3.63) is 22.4 Å². The quantitative estimate of drug-likeness (QED) is 0.799. The topological polar surface area (TPSA) is 30.5 Å². The van der Waals surface area contributed by atoms with Crippen LogP contribution in [0.3, 0.4) is 0 Å². The molecule has 3 nitrogen and oxygen atoms in total. The molecule has 4 heteroatoms. The van der Waals surface area contributed by atoms with Crippen LogP contribution in [-0.2, 0) is 15.9 Å². The monoisotopic (exact) mass is 297 g/mol. The second kappa shape index (κ2) is 8.13. The fourth-order valence-corrected chi connectivity index (χ4v) is 3.73. The third-order valence-electron chi connectivity index (χ3n) is 4.32. The Morgan fingerprint density at radius 3 is 2.85 bits per heavy atom. The lowest BCUT2D eigenvalue weighted by Crippen LogP contribution is -2.55. The van der Waals surface area contributed by atoms with Crippen molar-refractivity contribution >= 4 is 11.3 Å². The third-order valence-corrected chi connectivity index (χ3v) is 5.06. The van der Waals surface area contributed by atoms with Gasteiger partial charge >= 0.3 is 0 Å². The van der Waals surface area contributed by atoms with Crippen LogP contribution in [0.2, 0.25) is 0 Å². The zero-order chi connectivity index (χ0) is 14.3. The van der Waals surface area contributed by atoms with Crippen molar-refractivity contribution in [3.63, 3.8) is 0 Å². The van der Waals surface area contributed by atoms with E-state index in [0.29, 0.717) is 6.04 Å². The first-order valence-corrected chi connectivity index (χ1v) is 8.62. The van der Waals surface area contributed by atoms with Crippen molar-refractivity contribution < 1.29 is 9.47 Å². The van der Waals surface area contributed by atoms with Crippen LogP contribution in [0.25, 0.3) is 0 Å². The SMILES string of the molecule is CCCNC(CCc1ccsc1)C1(OC)CCOCC1. The molecule has 0 aromatic carbocycles. The second-order valence-electron chi connectivity index (χ2n) is 5.56. The highest BCUT2D eigenvalue weighted by molar-refractivity contribution is 7.07. The number of thiophene rings is 1. The maximum Gasteiger partial charge on any atom is 0.0874 e. The van der Waals surface area contributed by atoms with Gasteiger partial charge in [0.05, 0.1) is 5.60 Å². The van der Waals surface area contributed by atoms with E-state index in [-0.39, 0.29) is 5.60 Å². The van der Waals surface area contributed by atoms with E-state index in [1.54, 1.807) is 11.3 Å². The summed E-state index contributed by atoms with van der Waals surface area (Å²) in [6.45, 7) is 4.90. The highest BCUT2D eigenvalue weighted by Crippen LogP contribution is 2.30. The first-order valence-electron chi connectivity index (χ1n) is 7.68. The van der Waals surface area contributed by atoms with Gasteiger partial charge in [-0.1, -0.05) is 6.92 Å². The van der Waals surface area contributed by atoms with E-state index in [2.05, 4.69) is 29.1 Å². The molecule has 1 atom stereocenters. The van der Waals surface area contributed by atoms with E-state index in [0.717, 1.165) is 51.9 Å². The van der Waals surface area contributed by atoms with Crippen LogP contribution in [0.5, 0.6) is 0 Å². The highest BCUT2D eigenvalue weighted by Gasteiger charge is 2.39. The molecule has 0 aliphatic carbocycles. The maximum atomic E-state index is 5.97. The van der Waals surface area contributed by atoms with Crippen LogP contribution < -0.4 is 5.32 Å². The van der Waals surface area contributed by atoms with E-state index < -0.39 is 0 Å². The van der Waals surface area contributed by atoms with Gasteiger partial charge in [-0.2, -0.15) is 11.3 Å². The van der Waals surface area contributed by atoms with E-state index in [9.17, 15) is 0 Å². The summed E-state index contributed by atoms with van der Waals surface area (Å²) in [4.78, 5) is 0. The number of rotatable bonds is 8. The normalized spacial score (nSPS) is 19.9. The van der Waals surface area contributed by atoms with Gasteiger partial charge in [-0.3, -0.25) is 0 Å². The number of methoxy groups -OCH3 is 1. The fourth-order valence-electron chi connectivity index (χ4n) is 3.03. The molecule has 114 valence electrons. The summed E-state index contributed by atoms with van der Waals surface area (Å²) in [6.07, 6.45) is 5.40. The first-order chi connectivity index (χ1) is 9.80. The zero-order valence-electron chi connectivity index (χ0n) is 12.7. The van der Waals surface area contributed by atoms with Crippen LogP contribution in [-0.4, -0.2) is 38.5 Å². The third kappa shape index (κ3) is 4.04. The molecule has 1 saturated heterocycles. The molecular formula is C16H27NO2S. The van der Waals surface area contributed by atoms with E-state index in [1.165, 1.54) is 5.56 Å². The van der Waals surface area contributed by atoms with Crippen LogP contribution in [0, 0.1) is 0 Å². The Labute approximate surface area is 126 Å². The number of hydrogen-bond donors (Lipinski definition) is 1. The minimum absolute atomic E-state index is 0.0521. The minimum Gasteiger partial charge on any atom is -0.381 e. The molecule has 1 aliphatic heterocycles. The summed E-state index contributed by atoms with van der Waals surface area (Å²) in [5.41, 5.74) is 1.39. The molecule has 1 aromatic heterocycles. The molecular weight excluding hydrogens is 270 g/mol. The smallest absolute Gasteiger partial charge is 0.0874 e. The second-order valence-corrected chi connectivity index (χ2v) is 6.34. The van der Waals surface area contributed by atoms with Gasteiger partial charge in [0.25, 0.3) is 0 Å². The van der Waals surface area contributed by atoms with Gasteiger partial charge in [0, 0.05) is 39.2 Å². The number of ether oxygens (including phenoxy) is 2. The summed E-state index contributed by atoms with van der Waals surface area (Å²) >= 11 is 1.78. The van der Waals surface area contributed by atoms with E-state index in [4.69, 9.17) is 9.47 Å². The Balaban J connectivity index is 2.00. The van der Waals surface area contributed by atoms with Gasteiger partial charge in [0.1, 0.15) is 0 Å². The standard InChI is InChI=1S/C16H27NO2S/c1-3-9-17-15(5-4-14-6-12-20-13-14)16(18-2)7-10-19-11-8-16/h6,12-13,15,17H,3-5,7-11H2,1-2H3. The predicted octanol–water partition coefficient (Wildman–Crippen LogP) is 3.24. The van der Waals surface area contributed by atoms with Gasteiger partial charge in [0.15, 0.2) is 0 Å². The molecule has 0 amide bonds. The molecule has 1 aliphatic rings. The summed E-state index contributed by atoms with van der Waals surface area (Å²) < 4.78 is 11.5. The number of aryl methyl sites for hydroxylation is 1. The summed E-state index contributed by atoms with van der Waals surface area (Å²) in [5.74, 6) is 0. The van der Waals surface area contributed by atoms with Gasteiger partial charge < -0.3 is 14.8 Å². The molecule has 0 bridgehead atoms. The molecule has 2 rings (SSSR count). The molecule has 1 fully saturated rings.